The number of halogens is 1. The van der Waals surface area contributed by atoms with Crippen LogP contribution in [0.4, 0.5) is 10.7 Å². The first-order chi connectivity index (χ1) is 11.0. The summed E-state index contributed by atoms with van der Waals surface area (Å²) in [6.45, 7) is 0. The second kappa shape index (κ2) is 5.98. The highest BCUT2D eigenvalue weighted by Gasteiger charge is 2.17. The fourth-order valence-electron chi connectivity index (χ4n) is 2.14. The number of primary amides is 1. The van der Waals surface area contributed by atoms with Gasteiger partial charge in [-0.25, -0.2) is 14.8 Å². The van der Waals surface area contributed by atoms with Crippen molar-refractivity contribution in [1.82, 2.24) is 15.0 Å². The number of nitrogen functional groups attached to an aromatic ring is 1. The molecule has 116 valence electrons. The molecule has 1 amide bonds. The number of rotatable bonds is 3. The van der Waals surface area contributed by atoms with Crippen molar-refractivity contribution >= 4 is 23.6 Å². The van der Waals surface area contributed by atoms with Gasteiger partial charge in [0.15, 0.2) is 5.75 Å². The number of benzene rings is 1. The van der Waals surface area contributed by atoms with E-state index in [4.69, 9.17) is 27.8 Å². The van der Waals surface area contributed by atoms with Crippen molar-refractivity contribution in [3.05, 3.63) is 47.6 Å². The molecule has 0 saturated heterocycles. The number of carbonyl (C=O) groups excluding carboxylic acids is 1. The molecule has 0 unspecified atom stereocenters. The lowest BCUT2D eigenvalue weighted by Crippen LogP contribution is -2.16. The van der Waals surface area contributed by atoms with Gasteiger partial charge < -0.3 is 21.2 Å². The fourth-order valence-corrected chi connectivity index (χ4v) is 2.33. The average Bonchev–Trinajstić information content (AvgIpc) is 2.93. The lowest BCUT2D eigenvalue weighted by molar-refractivity contribution is 0.211. The van der Waals surface area contributed by atoms with Crippen molar-refractivity contribution in [2.45, 2.75) is 0 Å². The predicted molar refractivity (Wildman–Crippen MR) is 86.9 cm³/mol. The molecule has 8 heteroatoms. The molecule has 1 aromatic carbocycles. The third-order valence-electron chi connectivity index (χ3n) is 3.07. The lowest BCUT2D eigenvalue weighted by atomic mass is 10.1. The highest BCUT2D eigenvalue weighted by Crippen LogP contribution is 2.36. The van der Waals surface area contributed by atoms with Gasteiger partial charge in [0.1, 0.15) is 5.69 Å². The van der Waals surface area contributed by atoms with Crippen LogP contribution >= 0.6 is 11.6 Å². The third kappa shape index (κ3) is 3.09. The van der Waals surface area contributed by atoms with E-state index < -0.39 is 6.09 Å². The van der Waals surface area contributed by atoms with Crippen molar-refractivity contribution in [3.8, 4) is 28.4 Å². The SMILES string of the molecule is NC(=O)Oc1cc(-c2nc(N)ncc2Cl)[nH]c1-c1ccccc1. The Bertz CT molecular complexity index is 864. The average molecular weight is 330 g/mol. The van der Waals surface area contributed by atoms with E-state index in [2.05, 4.69) is 15.0 Å². The zero-order valence-electron chi connectivity index (χ0n) is 11.8. The number of hydrogen-bond acceptors (Lipinski definition) is 5. The minimum atomic E-state index is -0.916. The topological polar surface area (TPSA) is 120 Å². The van der Waals surface area contributed by atoms with Crippen molar-refractivity contribution in [1.29, 1.82) is 0 Å². The van der Waals surface area contributed by atoms with Crippen LogP contribution in [-0.2, 0) is 0 Å². The molecule has 0 fully saturated rings. The molecule has 0 spiro atoms. The summed E-state index contributed by atoms with van der Waals surface area (Å²) >= 11 is 6.11. The predicted octanol–water partition coefficient (Wildman–Crippen LogP) is 2.83. The summed E-state index contributed by atoms with van der Waals surface area (Å²) in [4.78, 5) is 22.2. The second-order valence-corrected chi connectivity index (χ2v) is 5.04. The van der Waals surface area contributed by atoms with Crippen molar-refractivity contribution in [2.24, 2.45) is 5.73 Å². The van der Waals surface area contributed by atoms with Crippen LogP contribution in [0.3, 0.4) is 0 Å². The Morgan fingerprint density at radius 2 is 2.00 bits per heavy atom. The number of nitrogens with two attached hydrogens (primary N) is 2. The van der Waals surface area contributed by atoms with E-state index in [9.17, 15) is 4.79 Å². The molecule has 3 aromatic rings. The van der Waals surface area contributed by atoms with Gasteiger partial charge in [0.25, 0.3) is 0 Å². The van der Waals surface area contributed by atoms with Gasteiger partial charge in [-0.3, -0.25) is 0 Å². The maximum absolute atomic E-state index is 11.1. The number of amides is 1. The summed E-state index contributed by atoms with van der Waals surface area (Å²) in [7, 11) is 0. The van der Waals surface area contributed by atoms with Crippen LogP contribution in [0.1, 0.15) is 0 Å². The first-order valence-electron chi connectivity index (χ1n) is 6.58. The lowest BCUT2D eigenvalue weighted by Gasteiger charge is -2.03. The van der Waals surface area contributed by atoms with Crippen LogP contribution < -0.4 is 16.2 Å². The monoisotopic (exact) mass is 329 g/mol. The Balaban J connectivity index is 2.15. The molecule has 2 heterocycles. The summed E-state index contributed by atoms with van der Waals surface area (Å²) in [5, 5.41) is 0.311. The minimum absolute atomic E-state index is 0.0811. The Morgan fingerprint density at radius 3 is 2.70 bits per heavy atom. The quantitative estimate of drug-likeness (QED) is 0.682. The number of nitrogens with zero attached hydrogens (tertiary/aromatic N) is 2. The van der Waals surface area contributed by atoms with Crippen LogP contribution in [0.2, 0.25) is 5.02 Å². The first-order valence-corrected chi connectivity index (χ1v) is 6.96. The molecule has 0 aliphatic rings. The highest BCUT2D eigenvalue weighted by molar-refractivity contribution is 6.32. The van der Waals surface area contributed by atoms with Crippen LogP contribution in [0.25, 0.3) is 22.6 Å². The molecule has 7 nitrogen and oxygen atoms in total. The molecular weight excluding hydrogens is 318 g/mol. The summed E-state index contributed by atoms with van der Waals surface area (Å²) in [6.07, 6.45) is 0.484. The number of carbonyl (C=O) groups is 1. The maximum atomic E-state index is 11.1. The molecule has 0 saturated carbocycles. The Morgan fingerprint density at radius 1 is 1.26 bits per heavy atom. The molecular formula is C15H12ClN5O2. The van der Waals surface area contributed by atoms with E-state index in [0.717, 1.165) is 5.56 Å². The Labute approximate surface area is 136 Å². The van der Waals surface area contributed by atoms with Gasteiger partial charge in [0.2, 0.25) is 5.95 Å². The zero-order valence-corrected chi connectivity index (χ0v) is 12.5. The van der Waals surface area contributed by atoms with Crippen LogP contribution in [0.15, 0.2) is 42.6 Å². The van der Waals surface area contributed by atoms with Gasteiger partial charge in [-0.15, -0.1) is 0 Å². The van der Waals surface area contributed by atoms with Crippen molar-refractivity contribution in [3.63, 3.8) is 0 Å². The Kier molecular flexibility index (Phi) is 3.86. The van der Waals surface area contributed by atoms with E-state index >= 15 is 0 Å². The molecule has 2 aromatic heterocycles. The summed E-state index contributed by atoms with van der Waals surface area (Å²) in [5.41, 5.74) is 13.0. The number of nitrogens with one attached hydrogen (secondary N) is 1. The van der Waals surface area contributed by atoms with E-state index in [-0.39, 0.29) is 11.7 Å². The first kappa shape index (κ1) is 14.9. The van der Waals surface area contributed by atoms with Gasteiger partial charge in [0, 0.05) is 11.6 Å². The van der Waals surface area contributed by atoms with E-state index in [1.165, 1.54) is 6.20 Å². The standard InChI is InChI=1S/C15H12ClN5O2/c16-9-7-19-14(17)21-13(9)10-6-11(23-15(18)22)12(20-10)8-4-2-1-3-5-8/h1-7,20H,(H2,18,22)(H2,17,19,21). The van der Waals surface area contributed by atoms with Crippen molar-refractivity contribution < 1.29 is 9.53 Å². The van der Waals surface area contributed by atoms with Gasteiger partial charge in [-0.1, -0.05) is 41.9 Å². The number of ether oxygens (including phenoxy) is 1. The van der Waals surface area contributed by atoms with Gasteiger partial charge in [-0.2, -0.15) is 0 Å². The third-order valence-corrected chi connectivity index (χ3v) is 3.35. The smallest absolute Gasteiger partial charge is 0.408 e. The molecule has 3 rings (SSSR count). The summed E-state index contributed by atoms with van der Waals surface area (Å²) in [6, 6.07) is 10.9. The van der Waals surface area contributed by atoms with E-state index in [1.807, 2.05) is 30.3 Å². The number of hydrogen-bond donors (Lipinski definition) is 3. The number of H-pyrrole nitrogens is 1. The van der Waals surface area contributed by atoms with Gasteiger partial charge in [0.05, 0.1) is 22.6 Å². The number of aromatic amines is 1. The molecule has 0 bridgehead atoms. The summed E-state index contributed by atoms with van der Waals surface area (Å²) in [5.74, 6) is 0.351. The van der Waals surface area contributed by atoms with Crippen molar-refractivity contribution in [2.75, 3.05) is 5.73 Å². The fraction of sp³-hybridized carbons (Fsp3) is 0. The Hall–Kier alpha value is -3.06. The largest absolute Gasteiger partial charge is 0.410 e. The van der Waals surface area contributed by atoms with Gasteiger partial charge >= 0.3 is 6.09 Å². The molecule has 23 heavy (non-hydrogen) atoms. The molecule has 0 radical (unpaired) electrons. The number of aromatic nitrogens is 3. The van der Waals surface area contributed by atoms with Crippen LogP contribution in [-0.4, -0.2) is 21.0 Å². The van der Waals surface area contributed by atoms with Crippen LogP contribution in [0.5, 0.6) is 5.75 Å². The second-order valence-electron chi connectivity index (χ2n) is 4.63. The zero-order chi connectivity index (χ0) is 16.4. The molecule has 5 N–H and O–H groups in total. The number of anilines is 1. The summed E-state index contributed by atoms with van der Waals surface area (Å²) < 4.78 is 5.06. The molecule has 0 aliphatic heterocycles. The minimum Gasteiger partial charge on any atom is -0.408 e. The maximum Gasteiger partial charge on any atom is 0.410 e. The normalized spacial score (nSPS) is 10.5. The van der Waals surface area contributed by atoms with Crippen LogP contribution in [0, 0.1) is 0 Å². The van der Waals surface area contributed by atoms with Gasteiger partial charge in [-0.05, 0) is 0 Å². The van der Waals surface area contributed by atoms with E-state index in [1.54, 1.807) is 6.07 Å². The highest BCUT2D eigenvalue weighted by atomic mass is 35.5. The van der Waals surface area contributed by atoms with E-state index in [0.29, 0.717) is 22.1 Å². The molecule has 0 aliphatic carbocycles. The molecule has 0 atom stereocenters.